The Balaban J connectivity index is -0.0000000545. The lowest BCUT2D eigenvalue weighted by Gasteiger charge is -1.97. The van der Waals surface area contributed by atoms with Crippen molar-refractivity contribution in [1.82, 2.24) is 0 Å². The van der Waals surface area contributed by atoms with E-state index in [2.05, 4.69) is 0 Å². The molecule has 12 nitrogen and oxygen atoms in total. The van der Waals surface area contributed by atoms with Gasteiger partial charge >= 0.3 is 11.9 Å². The monoisotopic (exact) mass is 308 g/mol. The summed E-state index contributed by atoms with van der Waals surface area (Å²) in [4.78, 5) is 19.6. The van der Waals surface area contributed by atoms with Gasteiger partial charge in [0.1, 0.15) is 12.1 Å². The second-order valence-corrected chi connectivity index (χ2v) is 2.71. The molecule has 0 aromatic heterocycles. The summed E-state index contributed by atoms with van der Waals surface area (Å²) < 4.78 is 0. The molecule has 2 unspecified atom stereocenters. The molecule has 12 heteroatoms. The lowest BCUT2D eigenvalue weighted by atomic mass is 10.2. The van der Waals surface area contributed by atoms with Crippen LogP contribution in [-0.4, -0.2) is 65.8 Å². The lowest BCUT2D eigenvalue weighted by molar-refractivity contribution is -0.176. The van der Waals surface area contributed by atoms with E-state index >= 15 is 0 Å². The molecule has 0 aliphatic carbocycles. The summed E-state index contributed by atoms with van der Waals surface area (Å²) in [6, 6.07) is -1.36. The Bertz CT molecular complexity index is 172. The molecular weight excluding hydrogens is 284 g/mol. The Morgan fingerprint density at radius 3 is 0.900 bits per heavy atom. The number of carbonyl (C=O) groups is 2. The van der Waals surface area contributed by atoms with Crippen molar-refractivity contribution in [3.8, 4) is 0 Å². The van der Waals surface area contributed by atoms with Crippen LogP contribution in [0.4, 0.5) is 0 Å². The van der Waals surface area contributed by atoms with Crippen LogP contribution in [0.5, 0.6) is 0 Å². The average Bonchev–Trinajstić information content (AvgIpc) is 2.51. The zero-order chi connectivity index (χ0) is 17.7. The molecule has 0 radical (unpaired) electrons. The lowest BCUT2D eigenvalue weighted by Crippen LogP contribution is -2.28. The van der Waals surface area contributed by atoms with Crippen LogP contribution in [0.15, 0.2) is 0 Å². The topological polar surface area (TPSA) is 248 Å². The van der Waals surface area contributed by atoms with Crippen LogP contribution in [0, 0.1) is 0 Å². The maximum atomic E-state index is 9.81. The Morgan fingerprint density at radius 1 is 0.750 bits per heavy atom. The van der Waals surface area contributed by atoms with E-state index in [9.17, 15) is 9.59 Å². The fourth-order valence-corrected chi connectivity index (χ4v) is 0.349. The van der Waals surface area contributed by atoms with Crippen LogP contribution < -0.4 is 11.5 Å². The van der Waals surface area contributed by atoms with Gasteiger partial charge in [-0.1, -0.05) is 13.8 Å². The molecule has 20 heavy (non-hydrogen) atoms. The Kier molecular flexibility index (Phi) is 47.6. The van der Waals surface area contributed by atoms with Crippen molar-refractivity contribution >= 4 is 11.9 Å². The third kappa shape index (κ3) is 36.0. The van der Waals surface area contributed by atoms with E-state index in [1.807, 2.05) is 0 Å². The summed E-state index contributed by atoms with van der Waals surface area (Å²) in [7, 11) is 0. The number of carboxylic acid groups (broad SMARTS) is 2. The number of aliphatic carboxylic acids is 2. The van der Waals surface area contributed by atoms with Gasteiger partial charge in [0.2, 0.25) is 0 Å². The van der Waals surface area contributed by atoms with Crippen LogP contribution in [0.2, 0.25) is 0 Å². The second kappa shape index (κ2) is 30.6. The SMILES string of the molecule is CCC(N)C(=O)O.CCC(N)C(=O)O.OO.OO.OO. The minimum Gasteiger partial charge on any atom is -0.480 e. The van der Waals surface area contributed by atoms with Crippen molar-refractivity contribution in [3.63, 3.8) is 0 Å². The molecule has 0 aromatic rings. The van der Waals surface area contributed by atoms with E-state index in [-0.39, 0.29) is 0 Å². The number of carboxylic acids is 2. The molecule has 0 aliphatic heterocycles. The van der Waals surface area contributed by atoms with Crippen molar-refractivity contribution in [2.45, 2.75) is 38.8 Å². The minimum absolute atomic E-state index is 0.495. The van der Waals surface area contributed by atoms with Gasteiger partial charge in [-0.25, -0.2) is 0 Å². The molecular formula is C8H24N2O10. The third-order valence-electron chi connectivity index (χ3n) is 1.51. The van der Waals surface area contributed by atoms with Crippen LogP contribution in [-0.2, 0) is 9.59 Å². The highest BCUT2D eigenvalue weighted by molar-refractivity contribution is 5.73. The average molecular weight is 308 g/mol. The molecule has 0 spiro atoms. The highest BCUT2D eigenvalue weighted by Gasteiger charge is 2.06. The van der Waals surface area contributed by atoms with E-state index in [1.165, 1.54) is 0 Å². The van der Waals surface area contributed by atoms with Gasteiger partial charge in [0, 0.05) is 0 Å². The van der Waals surface area contributed by atoms with E-state index in [4.69, 9.17) is 53.2 Å². The van der Waals surface area contributed by atoms with Gasteiger partial charge in [-0.3, -0.25) is 41.1 Å². The molecule has 0 saturated carbocycles. The molecule has 126 valence electrons. The maximum Gasteiger partial charge on any atom is 0.320 e. The van der Waals surface area contributed by atoms with Crippen molar-refractivity contribution in [1.29, 1.82) is 0 Å². The standard InChI is InChI=1S/2C4H9NO2.3H2O2/c2*1-2-3(5)4(6)7;3*1-2/h2*3H,2,5H2,1H3,(H,6,7);3*1-2H. The number of hydrogen-bond acceptors (Lipinski definition) is 10. The minimum atomic E-state index is -0.928. The number of rotatable bonds is 4. The third-order valence-corrected chi connectivity index (χ3v) is 1.51. The number of hydrogen-bond donors (Lipinski definition) is 10. The first-order valence-corrected chi connectivity index (χ1v) is 4.93. The summed E-state index contributed by atoms with van der Waals surface area (Å²) in [5.74, 6) is -1.86. The molecule has 0 bridgehead atoms. The van der Waals surface area contributed by atoms with Crippen molar-refractivity contribution in [2.75, 3.05) is 0 Å². The predicted octanol–water partition coefficient (Wildman–Crippen LogP) is -0.331. The highest BCUT2D eigenvalue weighted by Crippen LogP contribution is 1.82. The fraction of sp³-hybridized carbons (Fsp3) is 0.750. The molecule has 0 saturated heterocycles. The molecule has 0 aliphatic rings. The molecule has 0 heterocycles. The number of nitrogens with two attached hydrogens (primary N) is 2. The zero-order valence-corrected chi connectivity index (χ0v) is 11.1. The first-order chi connectivity index (χ1) is 9.36. The molecule has 12 N–H and O–H groups in total. The zero-order valence-electron chi connectivity index (χ0n) is 11.1. The Morgan fingerprint density at radius 2 is 0.900 bits per heavy atom. The van der Waals surface area contributed by atoms with E-state index < -0.39 is 24.0 Å². The van der Waals surface area contributed by atoms with Crippen molar-refractivity contribution in [2.24, 2.45) is 11.5 Å². The molecule has 0 rings (SSSR count). The summed E-state index contributed by atoms with van der Waals surface area (Å²) >= 11 is 0. The Hall–Kier alpha value is -1.38. The fourth-order valence-electron chi connectivity index (χ4n) is 0.349. The van der Waals surface area contributed by atoms with E-state index in [0.29, 0.717) is 12.8 Å². The van der Waals surface area contributed by atoms with Gasteiger partial charge in [0.25, 0.3) is 0 Å². The summed E-state index contributed by atoms with van der Waals surface area (Å²) in [5.41, 5.74) is 10.0. The van der Waals surface area contributed by atoms with Crippen LogP contribution >= 0.6 is 0 Å². The highest BCUT2D eigenvalue weighted by atomic mass is 17.0. The van der Waals surface area contributed by atoms with Crippen molar-refractivity contribution in [3.05, 3.63) is 0 Å². The summed E-state index contributed by atoms with van der Waals surface area (Å²) in [6.07, 6.45) is 0.991. The maximum absolute atomic E-state index is 9.81. The van der Waals surface area contributed by atoms with E-state index in [1.54, 1.807) is 13.8 Å². The van der Waals surface area contributed by atoms with Crippen LogP contribution in [0.25, 0.3) is 0 Å². The normalized spacial score (nSPS) is 10.3. The van der Waals surface area contributed by atoms with Gasteiger partial charge in [0.05, 0.1) is 0 Å². The van der Waals surface area contributed by atoms with Gasteiger partial charge in [-0.2, -0.15) is 0 Å². The molecule has 0 amide bonds. The Labute approximate surface area is 114 Å². The predicted molar refractivity (Wildman–Crippen MR) is 67.6 cm³/mol. The van der Waals surface area contributed by atoms with Gasteiger partial charge in [0.15, 0.2) is 0 Å². The smallest absolute Gasteiger partial charge is 0.320 e. The molecule has 0 aromatic carbocycles. The first-order valence-electron chi connectivity index (χ1n) is 4.93. The van der Waals surface area contributed by atoms with Gasteiger partial charge < -0.3 is 21.7 Å². The molecule has 2 atom stereocenters. The van der Waals surface area contributed by atoms with E-state index in [0.717, 1.165) is 0 Å². The summed E-state index contributed by atoms with van der Waals surface area (Å²) in [5, 5.41) is 52.1. The van der Waals surface area contributed by atoms with Crippen molar-refractivity contribution < 1.29 is 51.3 Å². The second-order valence-electron chi connectivity index (χ2n) is 2.71. The van der Waals surface area contributed by atoms with Gasteiger partial charge in [-0.05, 0) is 12.8 Å². The summed E-state index contributed by atoms with van der Waals surface area (Å²) in [6.45, 7) is 3.47. The quantitative estimate of drug-likeness (QED) is 0.236. The van der Waals surface area contributed by atoms with Crippen LogP contribution in [0.1, 0.15) is 26.7 Å². The van der Waals surface area contributed by atoms with Gasteiger partial charge in [-0.15, -0.1) is 0 Å². The largest absolute Gasteiger partial charge is 0.480 e. The van der Waals surface area contributed by atoms with Crippen LogP contribution in [0.3, 0.4) is 0 Å². The molecule has 0 fully saturated rings. The first kappa shape index (κ1) is 31.2.